The van der Waals surface area contributed by atoms with E-state index in [4.69, 9.17) is 0 Å². The van der Waals surface area contributed by atoms with Crippen LogP contribution in [0.15, 0.2) is 12.7 Å². The lowest BCUT2D eigenvalue weighted by Crippen LogP contribution is -2.59. The van der Waals surface area contributed by atoms with Crippen LogP contribution >= 0.6 is 0 Å². The zero-order chi connectivity index (χ0) is 13.4. The maximum atomic E-state index is 12.1. The monoisotopic (exact) mass is 260 g/mol. The molecule has 0 bridgehead atoms. The highest BCUT2D eigenvalue weighted by molar-refractivity contribution is 5.02. The summed E-state index contributed by atoms with van der Waals surface area (Å²) in [7, 11) is 0. The first kappa shape index (κ1) is 15.1. The second-order valence-electron chi connectivity index (χ2n) is 2.89. The van der Waals surface area contributed by atoms with Gasteiger partial charge in [0, 0.05) is 0 Å². The van der Waals surface area contributed by atoms with Gasteiger partial charge in [-0.05, 0) is 6.42 Å². The van der Waals surface area contributed by atoms with Gasteiger partial charge in [-0.2, -0.15) is 39.5 Å². The van der Waals surface area contributed by atoms with Gasteiger partial charge in [-0.25, -0.2) is 0 Å². The van der Waals surface area contributed by atoms with Crippen molar-refractivity contribution in [2.45, 2.75) is 24.9 Å². The second kappa shape index (κ2) is 3.85. The third-order valence-electron chi connectivity index (χ3n) is 1.90. The summed E-state index contributed by atoms with van der Waals surface area (Å²) in [5, 5.41) is 0. The van der Waals surface area contributed by atoms with Crippen LogP contribution < -0.4 is 0 Å². The molecule has 0 saturated carbocycles. The Morgan fingerprint density at radius 3 is 1.00 bits per heavy atom. The Morgan fingerprint density at radius 2 is 0.938 bits per heavy atom. The molecule has 0 atom stereocenters. The Kier molecular flexibility index (Phi) is 3.63. The van der Waals surface area contributed by atoms with E-state index in [9.17, 15) is 39.5 Å². The van der Waals surface area contributed by atoms with Crippen molar-refractivity contribution in [3.63, 3.8) is 0 Å². The normalized spacial score (nSPS) is 15.1. The number of rotatable bonds is 2. The highest BCUT2D eigenvalue weighted by atomic mass is 19.4. The zero-order valence-corrected chi connectivity index (χ0v) is 7.39. The van der Waals surface area contributed by atoms with Gasteiger partial charge in [0.15, 0.2) is 0 Å². The van der Waals surface area contributed by atoms with Crippen LogP contribution in [0.4, 0.5) is 39.5 Å². The summed E-state index contributed by atoms with van der Waals surface area (Å²) in [5.41, 5.74) is -5.76. The van der Waals surface area contributed by atoms with Crippen LogP contribution in [-0.2, 0) is 0 Å². The molecule has 16 heavy (non-hydrogen) atoms. The molecule has 0 amide bonds. The van der Waals surface area contributed by atoms with E-state index in [1.807, 2.05) is 0 Å². The molecule has 0 fully saturated rings. The Bertz CT molecular complexity index is 216. The van der Waals surface area contributed by atoms with Gasteiger partial charge in [0.2, 0.25) is 0 Å². The highest BCUT2D eigenvalue weighted by Gasteiger charge is 2.82. The average Bonchev–Trinajstić information content (AvgIpc) is 1.91. The Hall–Kier alpha value is -0.890. The maximum absolute atomic E-state index is 12.1. The van der Waals surface area contributed by atoms with Gasteiger partial charge in [-0.3, -0.25) is 0 Å². The van der Waals surface area contributed by atoms with E-state index >= 15 is 0 Å². The lowest BCUT2D eigenvalue weighted by Gasteiger charge is -2.37. The van der Waals surface area contributed by atoms with Crippen molar-refractivity contribution in [1.82, 2.24) is 0 Å². The van der Waals surface area contributed by atoms with Gasteiger partial charge in [-0.1, -0.05) is 6.08 Å². The second-order valence-corrected chi connectivity index (χ2v) is 2.89. The van der Waals surface area contributed by atoms with Crippen LogP contribution in [0.2, 0.25) is 0 Å². The SMILES string of the molecule is C=CCC(C(F)(F)F)(C(F)(F)F)C(F)(F)F. The summed E-state index contributed by atoms with van der Waals surface area (Å²) < 4.78 is 109. The van der Waals surface area contributed by atoms with Crippen molar-refractivity contribution < 1.29 is 39.5 Å². The molecule has 0 aliphatic heterocycles. The van der Waals surface area contributed by atoms with Crippen molar-refractivity contribution in [3.8, 4) is 0 Å². The van der Waals surface area contributed by atoms with Gasteiger partial charge in [0.1, 0.15) is 0 Å². The number of allylic oxidation sites excluding steroid dienone is 1. The largest absolute Gasteiger partial charge is 0.412 e. The fourth-order valence-electron chi connectivity index (χ4n) is 1.05. The zero-order valence-electron chi connectivity index (χ0n) is 7.39. The molecule has 96 valence electrons. The van der Waals surface area contributed by atoms with E-state index in [-0.39, 0.29) is 6.08 Å². The molecule has 0 nitrogen and oxygen atoms in total. The molecule has 0 rings (SSSR count). The summed E-state index contributed by atoms with van der Waals surface area (Å²) >= 11 is 0. The Morgan fingerprint density at radius 1 is 0.688 bits per heavy atom. The third-order valence-corrected chi connectivity index (χ3v) is 1.90. The van der Waals surface area contributed by atoms with Crippen LogP contribution in [-0.4, -0.2) is 18.5 Å². The molecule has 0 aromatic heterocycles. The predicted octanol–water partition coefficient (Wildman–Crippen LogP) is 4.24. The number of halogens is 9. The smallest absolute Gasteiger partial charge is 0.170 e. The first-order valence-electron chi connectivity index (χ1n) is 3.62. The molecule has 0 aliphatic carbocycles. The van der Waals surface area contributed by atoms with Crippen LogP contribution in [0.25, 0.3) is 0 Å². The van der Waals surface area contributed by atoms with Gasteiger partial charge >= 0.3 is 18.5 Å². The molecule has 0 spiro atoms. The van der Waals surface area contributed by atoms with Crippen LogP contribution in [0.5, 0.6) is 0 Å². The molecule has 0 aromatic carbocycles. The molecule has 0 saturated heterocycles. The first-order chi connectivity index (χ1) is 6.81. The van der Waals surface area contributed by atoms with E-state index in [0.29, 0.717) is 0 Å². The summed E-state index contributed by atoms with van der Waals surface area (Å²) in [6.07, 6.45) is -21.8. The molecule has 0 N–H and O–H groups in total. The third kappa shape index (κ3) is 2.12. The maximum Gasteiger partial charge on any atom is 0.412 e. The van der Waals surface area contributed by atoms with Crippen molar-refractivity contribution in [2.24, 2.45) is 5.41 Å². The minimum absolute atomic E-state index is 0.0610. The van der Waals surface area contributed by atoms with Crippen molar-refractivity contribution >= 4 is 0 Å². The van der Waals surface area contributed by atoms with Crippen molar-refractivity contribution in [3.05, 3.63) is 12.7 Å². The summed E-state index contributed by atoms with van der Waals surface area (Å²) in [6.45, 7) is 2.49. The topological polar surface area (TPSA) is 0 Å². The van der Waals surface area contributed by atoms with Gasteiger partial charge < -0.3 is 0 Å². The van der Waals surface area contributed by atoms with Crippen LogP contribution in [0.3, 0.4) is 0 Å². The molecule has 9 heteroatoms. The molecular weight excluding hydrogens is 255 g/mol. The number of hydrogen-bond acceptors (Lipinski definition) is 0. The van der Waals surface area contributed by atoms with E-state index < -0.39 is 30.4 Å². The minimum Gasteiger partial charge on any atom is -0.170 e. The van der Waals surface area contributed by atoms with E-state index in [0.717, 1.165) is 0 Å². The Labute approximate surface area is 83.7 Å². The summed E-state index contributed by atoms with van der Waals surface area (Å²) in [4.78, 5) is 0. The van der Waals surface area contributed by atoms with Gasteiger partial charge in [-0.15, -0.1) is 6.58 Å². The minimum atomic E-state index is -6.49. The lowest BCUT2D eigenvalue weighted by atomic mass is 9.82. The van der Waals surface area contributed by atoms with Gasteiger partial charge in [0.25, 0.3) is 5.41 Å². The summed E-state index contributed by atoms with van der Waals surface area (Å²) in [6, 6.07) is 0. The molecule has 0 heterocycles. The quantitative estimate of drug-likeness (QED) is 0.514. The standard InChI is InChI=1S/C7H5F9/c1-2-3-4(5(8,9)10,6(11,12)13)7(14,15)16/h2H,1,3H2. The van der Waals surface area contributed by atoms with Crippen LogP contribution in [0, 0.1) is 5.41 Å². The van der Waals surface area contributed by atoms with Crippen molar-refractivity contribution in [1.29, 1.82) is 0 Å². The Balaban J connectivity index is 5.92. The van der Waals surface area contributed by atoms with E-state index in [1.54, 1.807) is 0 Å². The number of alkyl halides is 9. The average molecular weight is 260 g/mol. The van der Waals surface area contributed by atoms with E-state index in [2.05, 4.69) is 6.58 Å². The summed E-state index contributed by atoms with van der Waals surface area (Å²) in [5.74, 6) is 0. The van der Waals surface area contributed by atoms with Gasteiger partial charge in [0.05, 0.1) is 0 Å². The van der Waals surface area contributed by atoms with Crippen molar-refractivity contribution in [2.75, 3.05) is 0 Å². The molecule has 0 unspecified atom stereocenters. The van der Waals surface area contributed by atoms with E-state index in [1.165, 1.54) is 0 Å². The number of hydrogen-bond donors (Lipinski definition) is 0. The fraction of sp³-hybridized carbons (Fsp3) is 0.714. The predicted molar refractivity (Wildman–Crippen MR) is 35.4 cm³/mol. The first-order valence-corrected chi connectivity index (χ1v) is 3.62. The fourth-order valence-corrected chi connectivity index (χ4v) is 1.05. The molecular formula is C7H5F9. The molecule has 0 aromatic rings. The molecule has 0 radical (unpaired) electrons. The lowest BCUT2D eigenvalue weighted by molar-refractivity contribution is -0.425. The molecule has 0 aliphatic rings. The highest BCUT2D eigenvalue weighted by Crippen LogP contribution is 2.61. The van der Waals surface area contributed by atoms with Crippen LogP contribution in [0.1, 0.15) is 6.42 Å².